The van der Waals surface area contributed by atoms with E-state index >= 15 is 0 Å². The van der Waals surface area contributed by atoms with Gasteiger partial charge < -0.3 is 5.84 Å². The van der Waals surface area contributed by atoms with Gasteiger partial charge in [0, 0.05) is 20.3 Å². The van der Waals surface area contributed by atoms with Gasteiger partial charge in [-0.1, -0.05) is 61.8 Å². The monoisotopic (exact) mass is 456 g/mol. The Balaban J connectivity index is 1.81. The van der Waals surface area contributed by atoms with Crippen LogP contribution in [0.15, 0.2) is 56.6 Å². The van der Waals surface area contributed by atoms with Crippen LogP contribution < -0.4 is 5.84 Å². The number of nitrogens with zero attached hydrogens (tertiary/aromatic N) is 3. The molecule has 0 amide bonds. The summed E-state index contributed by atoms with van der Waals surface area (Å²) in [6, 6.07) is 12.6. The number of rotatable bonds is 4. The molecule has 0 unspecified atom stereocenters. The van der Waals surface area contributed by atoms with E-state index in [1.54, 1.807) is 12.1 Å². The predicted molar refractivity (Wildman–Crippen MR) is 97.0 cm³/mol. The lowest BCUT2D eigenvalue weighted by Crippen LogP contribution is -2.11. The standard InChI is InChI=1S/C15H11Br2FN4S/c16-10-6-5-9(13(18)7-10)8-23-15-21-20-14(22(15)19)11-3-1-2-4-12(11)17/h1-7H,8,19H2. The average Bonchev–Trinajstić information content (AvgIpc) is 2.88. The van der Waals surface area contributed by atoms with Crippen molar-refractivity contribution in [3.63, 3.8) is 0 Å². The zero-order valence-electron chi connectivity index (χ0n) is 11.7. The second kappa shape index (κ2) is 7.02. The molecule has 1 heterocycles. The Morgan fingerprint density at radius 3 is 2.65 bits per heavy atom. The van der Waals surface area contributed by atoms with Crippen molar-refractivity contribution in [2.45, 2.75) is 10.9 Å². The summed E-state index contributed by atoms with van der Waals surface area (Å²) < 4.78 is 16.9. The van der Waals surface area contributed by atoms with Crippen LogP contribution in [-0.2, 0) is 5.75 Å². The molecule has 2 N–H and O–H groups in total. The summed E-state index contributed by atoms with van der Waals surface area (Å²) in [7, 11) is 0. The van der Waals surface area contributed by atoms with Gasteiger partial charge in [0.1, 0.15) is 5.82 Å². The molecule has 0 aliphatic carbocycles. The SMILES string of the molecule is Nn1c(SCc2ccc(Br)cc2F)nnc1-c1ccccc1Br. The number of nitrogen functional groups attached to an aromatic ring is 1. The van der Waals surface area contributed by atoms with E-state index < -0.39 is 0 Å². The number of benzene rings is 2. The first-order chi connectivity index (χ1) is 11.1. The van der Waals surface area contributed by atoms with E-state index in [1.807, 2.05) is 24.3 Å². The second-order valence-corrected chi connectivity index (χ2v) is 7.39. The molecule has 0 fully saturated rings. The Morgan fingerprint density at radius 1 is 1.13 bits per heavy atom. The van der Waals surface area contributed by atoms with Crippen LogP contribution in [-0.4, -0.2) is 14.9 Å². The molecule has 0 atom stereocenters. The minimum absolute atomic E-state index is 0.263. The van der Waals surface area contributed by atoms with Crippen LogP contribution in [0, 0.1) is 5.82 Å². The quantitative estimate of drug-likeness (QED) is 0.458. The molecule has 1 aromatic heterocycles. The Bertz CT molecular complexity index is 853. The van der Waals surface area contributed by atoms with Crippen molar-refractivity contribution < 1.29 is 4.39 Å². The summed E-state index contributed by atoms with van der Waals surface area (Å²) in [6.07, 6.45) is 0. The average molecular weight is 458 g/mol. The summed E-state index contributed by atoms with van der Waals surface area (Å²) >= 11 is 8.05. The third kappa shape index (κ3) is 3.59. The smallest absolute Gasteiger partial charge is 0.210 e. The maximum Gasteiger partial charge on any atom is 0.210 e. The zero-order valence-corrected chi connectivity index (χ0v) is 15.7. The molecule has 0 aliphatic heterocycles. The molecule has 0 bridgehead atoms. The van der Waals surface area contributed by atoms with Crippen LogP contribution in [0.2, 0.25) is 0 Å². The van der Waals surface area contributed by atoms with E-state index in [0.717, 1.165) is 10.0 Å². The maximum atomic E-state index is 13.9. The van der Waals surface area contributed by atoms with Crippen LogP contribution in [0.4, 0.5) is 4.39 Å². The number of hydrogen-bond donors (Lipinski definition) is 1. The first-order valence-corrected chi connectivity index (χ1v) is 9.15. The fourth-order valence-corrected chi connectivity index (χ4v) is 3.62. The molecule has 0 aliphatic rings. The van der Waals surface area contributed by atoms with E-state index in [2.05, 4.69) is 42.1 Å². The van der Waals surface area contributed by atoms with Gasteiger partial charge in [-0.3, -0.25) is 0 Å². The molecular weight excluding hydrogens is 447 g/mol. The molecule has 118 valence electrons. The van der Waals surface area contributed by atoms with E-state index in [-0.39, 0.29) is 5.82 Å². The highest BCUT2D eigenvalue weighted by Crippen LogP contribution is 2.29. The van der Waals surface area contributed by atoms with Gasteiger partial charge >= 0.3 is 0 Å². The Hall–Kier alpha value is -1.38. The van der Waals surface area contributed by atoms with E-state index in [0.29, 0.717) is 26.8 Å². The van der Waals surface area contributed by atoms with Crippen molar-refractivity contribution in [3.8, 4) is 11.4 Å². The molecular formula is C15H11Br2FN4S. The molecule has 4 nitrogen and oxygen atoms in total. The largest absolute Gasteiger partial charge is 0.335 e. The lowest BCUT2D eigenvalue weighted by atomic mass is 10.2. The van der Waals surface area contributed by atoms with Gasteiger partial charge in [-0.15, -0.1) is 10.2 Å². The zero-order chi connectivity index (χ0) is 16.4. The Morgan fingerprint density at radius 2 is 1.91 bits per heavy atom. The van der Waals surface area contributed by atoms with E-state index in [4.69, 9.17) is 5.84 Å². The first-order valence-electron chi connectivity index (χ1n) is 6.58. The number of thioether (sulfide) groups is 1. The van der Waals surface area contributed by atoms with Gasteiger partial charge in [0.2, 0.25) is 5.16 Å². The Labute approximate surface area is 153 Å². The van der Waals surface area contributed by atoms with Gasteiger partial charge in [-0.25, -0.2) is 9.07 Å². The van der Waals surface area contributed by atoms with Crippen molar-refractivity contribution >= 4 is 43.6 Å². The van der Waals surface area contributed by atoms with Gasteiger partial charge in [0.25, 0.3) is 0 Å². The van der Waals surface area contributed by atoms with E-state index in [9.17, 15) is 4.39 Å². The highest BCUT2D eigenvalue weighted by molar-refractivity contribution is 9.10. The molecule has 0 radical (unpaired) electrons. The Kier molecular flexibility index (Phi) is 5.03. The summed E-state index contributed by atoms with van der Waals surface area (Å²) in [6.45, 7) is 0. The van der Waals surface area contributed by atoms with Crippen LogP contribution >= 0.6 is 43.6 Å². The minimum Gasteiger partial charge on any atom is -0.335 e. The summed E-state index contributed by atoms with van der Waals surface area (Å²) in [4.78, 5) is 0. The maximum absolute atomic E-state index is 13.9. The molecule has 23 heavy (non-hydrogen) atoms. The fraction of sp³-hybridized carbons (Fsp3) is 0.0667. The number of halogens is 3. The third-order valence-electron chi connectivity index (χ3n) is 3.15. The normalized spacial score (nSPS) is 10.9. The van der Waals surface area contributed by atoms with Gasteiger partial charge in [0.15, 0.2) is 5.82 Å². The van der Waals surface area contributed by atoms with Crippen molar-refractivity contribution in [1.82, 2.24) is 14.9 Å². The summed E-state index contributed by atoms with van der Waals surface area (Å²) in [5, 5.41) is 8.75. The van der Waals surface area contributed by atoms with Crippen molar-refractivity contribution in [3.05, 3.63) is 62.8 Å². The molecule has 0 spiro atoms. The van der Waals surface area contributed by atoms with Gasteiger partial charge in [-0.2, -0.15) is 0 Å². The lowest BCUT2D eigenvalue weighted by molar-refractivity contribution is 0.616. The van der Waals surface area contributed by atoms with Crippen LogP contribution in [0.3, 0.4) is 0 Å². The molecule has 3 rings (SSSR count). The van der Waals surface area contributed by atoms with Crippen molar-refractivity contribution in [1.29, 1.82) is 0 Å². The summed E-state index contributed by atoms with van der Waals surface area (Å²) in [5.41, 5.74) is 1.44. The lowest BCUT2D eigenvalue weighted by Gasteiger charge is -2.06. The fourth-order valence-electron chi connectivity index (χ4n) is 1.98. The molecule has 0 saturated carbocycles. The highest BCUT2D eigenvalue weighted by Gasteiger charge is 2.15. The minimum atomic E-state index is -0.263. The summed E-state index contributed by atoms with van der Waals surface area (Å²) in [5.74, 6) is 6.79. The third-order valence-corrected chi connectivity index (χ3v) is 5.33. The van der Waals surface area contributed by atoms with Gasteiger partial charge in [-0.05, 0) is 29.8 Å². The van der Waals surface area contributed by atoms with Crippen LogP contribution in [0.5, 0.6) is 0 Å². The van der Waals surface area contributed by atoms with E-state index in [1.165, 1.54) is 22.5 Å². The molecule has 3 aromatic rings. The molecule has 2 aromatic carbocycles. The van der Waals surface area contributed by atoms with Crippen molar-refractivity contribution in [2.75, 3.05) is 5.84 Å². The number of aromatic nitrogens is 3. The number of nitrogens with two attached hydrogens (primary N) is 1. The topological polar surface area (TPSA) is 56.7 Å². The van der Waals surface area contributed by atoms with Crippen LogP contribution in [0.25, 0.3) is 11.4 Å². The first kappa shape index (κ1) is 16.5. The molecule has 8 heteroatoms. The molecule has 0 saturated heterocycles. The van der Waals surface area contributed by atoms with Crippen molar-refractivity contribution in [2.24, 2.45) is 0 Å². The van der Waals surface area contributed by atoms with Crippen LogP contribution in [0.1, 0.15) is 5.56 Å². The second-order valence-electron chi connectivity index (χ2n) is 4.68. The predicted octanol–water partition coefficient (Wildman–Crippen LogP) is 4.62. The highest BCUT2D eigenvalue weighted by atomic mass is 79.9. The number of hydrogen-bond acceptors (Lipinski definition) is 4. The van der Waals surface area contributed by atoms with Gasteiger partial charge in [0.05, 0.1) is 0 Å².